The van der Waals surface area contributed by atoms with Crippen molar-refractivity contribution in [3.63, 3.8) is 0 Å². The minimum atomic E-state index is -0.421. The van der Waals surface area contributed by atoms with Crippen molar-refractivity contribution in [3.05, 3.63) is 50.4 Å². The molecule has 2 heterocycles. The number of nitrogens with one attached hydrogen (secondary N) is 2. The number of amides is 1. The highest BCUT2D eigenvalue weighted by molar-refractivity contribution is 5.85. The number of hydrogen-bond donors (Lipinski definition) is 2. The van der Waals surface area contributed by atoms with Crippen LogP contribution in [0.1, 0.15) is 30.9 Å². The average Bonchev–Trinajstić information content (AvgIpc) is 2.65. The molecule has 1 amide bonds. The van der Waals surface area contributed by atoms with Crippen molar-refractivity contribution in [3.8, 4) is 6.07 Å². The molecule has 28 heavy (non-hydrogen) atoms. The third-order valence-corrected chi connectivity index (χ3v) is 5.43. The van der Waals surface area contributed by atoms with Crippen LogP contribution in [0.25, 0.3) is 10.9 Å². The van der Waals surface area contributed by atoms with E-state index in [0.717, 1.165) is 4.76 Å². The molecule has 3 rings (SSSR count). The summed E-state index contributed by atoms with van der Waals surface area (Å²) in [5, 5.41) is 12.3. The lowest BCUT2D eigenvalue weighted by atomic mass is 9.92. The molecule has 3 atom stereocenters. The number of benzene rings is 1. The molecule has 0 saturated carbocycles. The molecule has 8 heteroatoms. The third kappa shape index (κ3) is 3.93. The molecule has 1 saturated heterocycles. The summed E-state index contributed by atoms with van der Waals surface area (Å²) in [6.07, 6.45) is 0.984. The summed E-state index contributed by atoms with van der Waals surface area (Å²) in [6.45, 7) is 3.56. The molecule has 146 valence electrons. The first kappa shape index (κ1) is 19.7. The van der Waals surface area contributed by atoms with Crippen LogP contribution in [0, 0.1) is 34.9 Å². The predicted molar refractivity (Wildman–Crippen MR) is 101 cm³/mol. The maximum atomic E-state index is 13.6. The van der Waals surface area contributed by atoms with Crippen molar-refractivity contribution in [2.75, 3.05) is 6.54 Å². The molecular weight excluding hydrogens is 363 g/mol. The van der Waals surface area contributed by atoms with E-state index in [2.05, 4.69) is 16.4 Å². The van der Waals surface area contributed by atoms with Crippen molar-refractivity contribution in [1.29, 1.82) is 5.26 Å². The monoisotopic (exact) mass is 385 g/mol. The SMILES string of the molecule is Cc1c(CC(=O)N[C@H](C)C2CCC(C#N)C[N+]2=O)c(=O)[nH]c2ccc(F)cc12. The zero-order chi connectivity index (χ0) is 20.4. The van der Waals surface area contributed by atoms with Gasteiger partial charge in [-0.15, -0.1) is 0 Å². The van der Waals surface area contributed by atoms with Crippen LogP contribution in [-0.2, 0) is 11.2 Å². The Morgan fingerprint density at radius 3 is 2.89 bits per heavy atom. The minimum Gasteiger partial charge on any atom is -0.347 e. The van der Waals surface area contributed by atoms with Gasteiger partial charge in [-0.05, 0) is 44.0 Å². The van der Waals surface area contributed by atoms with Gasteiger partial charge in [0.25, 0.3) is 5.56 Å². The van der Waals surface area contributed by atoms with Gasteiger partial charge in [-0.3, -0.25) is 9.59 Å². The Balaban J connectivity index is 1.74. The first-order valence-electron chi connectivity index (χ1n) is 9.24. The summed E-state index contributed by atoms with van der Waals surface area (Å²) >= 11 is 0. The number of piperidine rings is 1. The molecule has 7 nitrogen and oxygen atoms in total. The molecule has 1 fully saturated rings. The average molecular weight is 385 g/mol. The molecule has 2 aromatic rings. The van der Waals surface area contributed by atoms with Crippen LogP contribution < -0.4 is 10.9 Å². The van der Waals surface area contributed by atoms with Crippen LogP contribution in [0.5, 0.6) is 0 Å². The Morgan fingerprint density at radius 2 is 2.21 bits per heavy atom. The molecule has 0 bridgehead atoms. The molecule has 1 aliphatic rings. The number of rotatable bonds is 4. The smallest absolute Gasteiger partial charge is 0.252 e. The quantitative estimate of drug-likeness (QED) is 0.786. The van der Waals surface area contributed by atoms with Crippen molar-refractivity contribution in [2.45, 2.75) is 45.2 Å². The van der Waals surface area contributed by atoms with Gasteiger partial charge in [0.15, 0.2) is 0 Å². The Labute approximate surface area is 161 Å². The number of carbonyl (C=O) groups excluding carboxylic acids is 1. The number of aryl methyl sites for hydroxylation is 1. The van der Waals surface area contributed by atoms with E-state index in [9.17, 15) is 18.9 Å². The zero-order valence-corrected chi connectivity index (χ0v) is 15.8. The maximum Gasteiger partial charge on any atom is 0.252 e. The first-order valence-corrected chi connectivity index (χ1v) is 9.24. The van der Waals surface area contributed by atoms with Crippen LogP contribution in [-0.4, -0.2) is 34.3 Å². The highest BCUT2D eigenvalue weighted by Gasteiger charge is 2.39. The van der Waals surface area contributed by atoms with Gasteiger partial charge < -0.3 is 10.3 Å². The Bertz CT molecular complexity index is 1040. The summed E-state index contributed by atoms with van der Waals surface area (Å²) in [5.74, 6) is -1.08. The minimum absolute atomic E-state index is 0.135. The second kappa shape index (κ2) is 7.89. The van der Waals surface area contributed by atoms with Gasteiger partial charge in [0.05, 0.1) is 18.5 Å². The number of fused-ring (bicyclic) bond motifs is 1. The number of nitriles is 1. The molecule has 2 unspecified atom stereocenters. The number of halogens is 1. The number of nitroso groups, excluding NO2 is 1. The number of H-pyrrole nitrogens is 1. The van der Waals surface area contributed by atoms with Crippen LogP contribution >= 0.6 is 0 Å². The number of nitrogens with zero attached hydrogens (tertiary/aromatic N) is 2. The van der Waals surface area contributed by atoms with Crippen LogP contribution in [0.3, 0.4) is 0 Å². The van der Waals surface area contributed by atoms with E-state index in [1.54, 1.807) is 13.8 Å². The largest absolute Gasteiger partial charge is 0.347 e. The molecular formula is C20H22FN4O3+. The lowest BCUT2D eigenvalue weighted by molar-refractivity contribution is -0.603. The number of carbonyl (C=O) groups is 1. The van der Waals surface area contributed by atoms with E-state index in [1.807, 2.05) is 0 Å². The van der Waals surface area contributed by atoms with Crippen LogP contribution in [0.4, 0.5) is 4.39 Å². The number of pyridine rings is 1. The van der Waals surface area contributed by atoms with Gasteiger partial charge in [0.1, 0.15) is 11.7 Å². The van der Waals surface area contributed by atoms with Gasteiger partial charge in [-0.1, -0.05) is 0 Å². The Hall–Kier alpha value is -3.08. The molecule has 2 N–H and O–H groups in total. The maximum absolute atomic E-state index is 13.6. The van der Waals surface area contributed by atoms with Gasteiger partial charge in [0, 0.05) is 32.6 Å². The van der Waals surface area contributed by atoms with Crippen LogP contribution in [0.2, 0.25) is 0 Å². The van der Waals surface area contributed by atoms with Crippen molar-refractivity contribution >= 4 is 16.8 Å². The lowest BCUT2D eigenvalue weighted by Crippen LogP contribution is -2.49. The predicted octanol–water partition coefficient (Wildman–Crippen LogP) is 2.10. The summed E-state index contributed by atoms with van der Waals surface area (Å²) in [6, 6.07) is 5.37. The van der Waals surface area contributed by atoms with Crippen molar-refractivity contribution in [2.24, 2.45) is 5.92 Å². The van der Waals surface area contributed by atoms with Gasteiger partial charge in [-0.2, -0.15) is 5.26 Å². The van der Waals surface area contributed by atoms with E-state index in [1.165, 1.54) is 18.2 Å². The summed E-state index contributed by atoms with van der Waals surface area (Å²) in [5.41, 5.74) is 0.952. The second-order valence-corrected chi connectivity index (χ2v) is 7.35. The molecule has 1 aromatic heterocycles. The zero-order valence-electron chi connectivity index (χ0n) is 15.8. The standard InChI is InChI=1S/C20H21FN4O3/c1-11-15-7-14(21)4-5-17(15)24-20(27)16(11)8-19(26)23-12(2)18-6-3-13(9-22)10-25(18)28/h4-5,7,12-13,18H,3,6,8,10H2,1-2H3,(H-,23,24,26,27)/p+1/t12-,13?,18?/m1/s1. The number of aromatic nitrogens is 1. The van der Waals surface area contributed by atoms with Gasteiger partial charge in [-0.25, -0.2) is 4.39 Å². The molecule has 0 spiro atoms. The van der Waals surface area contributed by atoms with E-state index in [0.29, 0.717) is 29.3 Å². The topological polar surface area (TPSA) is 106 Å². The van der Waals surface area contributed by atoms with Crippen LogP contribution in [0.15, 0.2) is 23.0 Å². The number of hydrogen-bond acceptors (Lipinski definition) is 4. The summed E-state index contributed by atoms with van der Waals surface area (Å²) in [4.78, 5) is 39.7. The first-order chi connectivity index (χ1) is 13.3. The lowest BCUT2D eigenvalue weighted by Gasteiger charge is -2.23. The Morgan fingerprint density at radius 1 is 1.46 bits per heavy atom. The molecule has 1 aliphatic heterocycles. The highest BCUT2D eigenvalue weighted by Crippen LogP contribution is 2.21. The number of aromatic amines is 1. The van der Waals surface area contributed by atoms with E-state index in [-0.39, 0.29) is 35.9 Å². The summed E-state index contributed by atoms with van der Waals surface area (Å²) < 4.78 is 14.4. The molecule has 0 aliphatic carbocycles. The third-order valence-electron chi connectivity index (χ3n) is 5.43. The molecule has 1 aromatic carbocycles. The Kier molecular flexibility index (Phi) is 5.54. The van der Waals surface area contributed by atoms with Crippen molar-refractivity contribution < 1.29 is 13.9 Å². The fourth-order valence-corrected chi connectivity index (χ4v) is 3.81. The van der Waals surface area contributed by atoms with E-state index >= 15 is 0 Å². The van der Waals surface area contributed by atoms with E-state index in [4.69, 9.17) is 5.26 Å². The van der Waals surface area contributed by atoms with E-state index < -0.39 is 17.9 Å². The fraction of sp³-hybridized carbons (Fsp3) is 0.450. The highest BCUT2D eigenvalue weighted by atomic mass is 19.1. The second-order valence-electron chi connectivity index (χ2n) is 7.35. The van der Waals surface area contributed by atoms with Gasteiger partial charge in [0.2, 0.25) is 18.5 Å². The molecule has 0 radical (unpaired) electrons. The fourth-order valence-electron chi connectivity index (χ4n) is 3.81. The summed E-state index contributed by atoms with van der Waals surface area (Å²) in [7, 11) is 0. The van der Waals surface area contributed by atoms with Crippen molar-refractivity contribution in [1.82, 2.24) is 10.3 Å². The normalized spacial score (nSPS) is 20.6. The van der Waals surface area contributed by atoms with Gasteiger partial charge >= 0.3 is 0 Å².